The molecule has 2 heterocycles. The molecule has 0 radical (unpaired) electrons. The molecule has 1 aromatic heterocycles. The van der Waals surface area contributed by atoms with Crippen LogP contribution in [0.25, 0.3) is 0 Å². The Balaban J connectivity index is 1.42. The van der Waals surface area contributed by atoms with Crippen molar-refractivity contribution >= 4 is 23.4 Å². The first-order valence-corrected chi connectivity index (χ1v) is 11.6. The van der Waals surface area contributed by atoms with Crippen molar-refractivity contribution < 1.29 is 23.7 Å². The highest BCUT2D eigenvalue weighted by molar-refractivity contribution is 5.81. The second kappa shape index (κ2) is 11.6. The molecule has 1 fully saturated rings. The van der Waals surface area contributed by atoms with E-state index in [9.17, 15) is 4.79 Å². The molecule has 1 atom stereocenters. The van der Waals surface area contributed by atoms with E-state index in [1.165, 1.54) is 5.56 Å². The number of aryl methyl sites for hydroxylation is 1. The standard InChI is InChI=1S/C26H31N5O5/c1-17-5-7-18(8-6-17)15-28-25(32)22-16-31(11-12-36-22)23-9-10-27-26(30-23)29-19-13-20(33-2)24(35-4)21(14-19)34-3/h5-10,13-14,22H,11-12,15-16H2,1-4H3,(H,28,32)(H,27,29,30). The van der Waals surface area contributed by atoms with Gasteiger partial charge in [-0.2, -0.15) is 4.98 Å². The number of benzene rings is 2. The van der Waals surface area contributed by atoms with Crippen molar-refractivity contribution in [1.29, 1.82) is 0 Å². The zero-order valence-electron chi connectivity index (χ0n) is 20.9. The van der Waals surface area contributed by atoms with Crippen molar-refractivity contribution in [1.82, 2.24) is 15.3 Å². The van der Waals surface area contributed by atoms with Crippen LogP contribution >= 0.6 is 0 Å². The normalized spacial score (nSPS) is 15.2. The van der Waals surface area contributed by atoms with Crippen LogP contribution in [0.15, 0.2) is 48.7 Å². The number of amides is 1. The van der Waals surface area contributed by atoms with E-state index < -0.39 is 6.10 Å². The number of carbonyl (C=O) groups excluding carboxylic acids is 1. The molecule has 0 aliphatic carbocycles. The summed E-state index contributed by atoms with van der Waals surface area (Å²) in [6, 6.07) is 13.4. The van der Waals surface area contributed by atoms with Gasteiger partial charge in [0.15, 0.2) is 17.6 Å². The molecule has 3 aromatic rings. The monoisotopic (exact) mass is 493 g/mol. The Morgan fingerprint density at radius 3 is 2.47 bits per heavy atom. The first-order valence-electron chi connectivity index (χ1n) is 11.6. The lowest BCUT2D eigenvalue weighted by Crippen LogP contribution is -2.50. The predicted octanol–water partition coefficient (Wildman–Crippen LogP) is 3.08. The summed E-state index contributed by atoms with van der Waals surface area (Å²) in [6.45, 7) is 3.91. The number of carbonyl (C=O) groups is 1. The average Bonchev–Trinajstić information content (AvgIpc) is 2.92. The van der Waals surface area contributed by atoms with Gasteiger partial charge in [-0.25, -0.2) is 4.98 Å². The van der Waals surface area contributed by atoms with Gasteiger partial charge in [-0.1, -0.05) is 29.8 Å². The highest BCUT2D eigenvalue weighted by Gasteiger charge is 2.27. The van der Waals surface area contributed by atoms with Crippen LogP contribution in [0.2, 0.25) is 0 Å². The maximum Gasteiger partial charge on any atom is 0.251 e. The number of nitrogens with one attached hydrogen (secondary N) is 2. The quantitative estimate of drug-likeness (QED) is 0.465. The lowest BCUT2D eigenvalue weighted by Gasteiger charge is -2.33. The molecule has 1 aliphatic heterocycles. The molecule has 190 valence electrons. The highest BCUT2D eigenvalue weighted by Crippen LogP contribution is 2.40. The maximum absolute atomic E-state index is 12.8. The smallest absolute Gasteiger partial charge is 0.251 e. The minimum Gasteiger partial charge on any atom is -0.493 e. The summed E-state index contributed by atoms with van der Waals surface area (Å²) in [7, 11) is 4.67. The van der Waals surface area contributed by atoms with E-state index in [4.69, 9.17) is 18.9 Å². The third kappa shape index (κ3) is 5.95. The average molecular weight is 494 g/mol. The van der Waals surface area contributed by atoms with Crippen molar-refractivity contribution in [2.45, 2.75) is 19.6 Å². The molecule has 10 heteroatoms. The number of aromatic nitrogens is 2. The molecule has 2 aromatic carbocycles. The topological polar surface area (TPSA) is 107 Å². The third-order valence-electron chi connectivity index (χ3n) is 5.83. The number of nitrogens with zero attached hydrogens (tertiary/aromatic N) is 3. The van der Waals surface area contributed by atoms with Crippen LogP contribution in [-0.2, 0) is 16.1 Å². The van der Waals surface area contributed by atoms with Gasteiger partial charge in [-0.3, -0.25) is 4.79 Å². The first-order chi connectivity index (χ1) is 17.5. The van der Waals surface area contributed by atoms with Crippen molar-refractivity contribution in [3.8, 4) is 17.2 Å². The zero-order valence-corrected chi connectivity index (χ0v) is 20.9. The molecular formula is C26H31N5O5. The summed E-state index contributed by atoms with van der Waals surface area (Å²) < 4.78 is 22.0. The number of ether oxygens (including phenoxy) is 4. The maximum atomic E-state index is 12.8. The van der Waals surface area contributed by atoms with Crippen LogP contribution in [0.3, 0.4) is 0 Å². The fraction of sp³-hybridized carbons (Fsp3) is 0.346. The minimum atomic E-state index is -0.592. The molecule has 1 amide bonds. The Kier molecular flexibility index (Phi) is 8.06. The van der Waals surface area contributed by atoms with Gasteiger partial charge < -0.3 is 34.5 Å². The van der Waals surface area contributed by atoms with Crippen LogP contribution in [0.4, 0.5) is 17.5 Å². The largest absolute Gasteiger partial charge is 0.493 e. The summed E-state index contributed by atoms with van der Waals surface area (Å²) in [5, 5.41) is 6.15. The van der Waals surface area contributed by atoms with E-state index in [1.807, 2.05) is 42.2 Å². The van der Waals surface area contributed by atoms with Crippen molar-refractivity contribution in [3.63, 3.8) is 0 Å². The highest BCUT2D eigenvalue weighted by atomic mass is 16.5. The van der Waals surface area contributed by atoms with Crippen molar-refractivity contribution in [3.05, 3.63) is 59.8 Å². The Morgan fingerprint density at radius 2 is 1.81 bits per heavy atom. The van der Waals surface area contributed by atoms with E-state index in [0.29, 0.717) is 60.9 Å². The van der Waals surface area contributed by atoms with E-state index >= 15 is 0 Å². The molecule has 0 bridgehead atoms. The van der Waals surface area contributed by atoms with Gasteiger partial charge in [-0.05, 0) is 18.6 Å². The van der Waals surface area contributed by atoms with Crippen molar-refractivity contribution in [2.24, 2.45) is 0 Å². The molecule has 10 nitrogen and oxygen atoms in total. The lowest BCUT2D eigenvalue weighted by molar-refractivity contribution is -0.133. The molecule has 2 N–H and O–H groups in total. The van der Waals surface area contributed by atoms with Gasteiger partial charge in [0.25, 0.3) is 5.91 Å². The first kappa shape index (κ1) is 25.1. The molecule has 1 aliphatic rings. The molecular weight excluding hydrogens is 462 g/mol. The minimum absolute atomic E-state index is 0.148. The lowest BCUT2D eigenvalue weighted by atomic mass is 10.1. The number of methoxy groups -OCH3 is 3. The SMILES string of the molecule is COc1cc(Nc2nccc(N3CCOC(C(=O)NCc4ccc(C)cc4)C3)n2)cc(OC)c1OC. The molecule has 1 saturated heterocycles. The van der Waals surface area contributed by atoms with Crippen LogP contribution in [0, 0.1) is 6.92 Å². The van der Waals surface area contributed by atoms with Gasteiger partial charge in [0.2, 0.25) is 11.7 Å². The predicted molar refractivity (Wildman–Crippen MR) is 136 cm³/mol. The number of hydrogen-bond donors (Lipinski definition) is 2. The number of hydrogen-bond acceptors (Lipinski definition) is 9. The Morgan fingerprint density at radius 1 is 1.08 bits per heavy atom. The molecule has 4 rings (SSSR count). The summed E-state index contributed by atoms with van der Waals surface area (Å²) in [4.78, 5) is 23.7. The summed E-state index contributed by atoms with van der Waals surface area (Å²) in [5.74, 6) is 2.48. The van der Waals surface area contributed by atoms with E-state index in [0.717, 1.165) is 5.56 Å². The van der Waals surface area contributed by atoms with Crippen LogP contribution < -0.4 is 29.7 Å². The fourth-order valence-corrected chi connectivity index (χ4v) is 3.89. The summed E-state index contributed by atoms with van der Waals surface area (Å²) >= 11 is 0. The Labute approximate surface area is 210 Å². The van der Waals surface area contributed by atoms with E-state index in [-0.39, 0.29) is 5.91 Å². The van der Waals surface area contributed by atoms with Gasteiger partial charge in [0.05, 0.1) is 34.5 Å². The van der Waals surface area contributed by atoms with Crippen LogP contribution in [-0.4, -0.2) is 63.0 Å². The summed E-state index contributed by atoms with van der Waals surface area (Å²) in [5.41, 5.74) is 2.90. The molecule has 0 saturated carbocycles. The Hall–Kier alpha value is -4.05. The number of rotatable bonds is 9. The van der Waals surface area contributed by atoms with Gasteiger partial charge in [-0.15, -0.1) is 0 Å². The van der Waals surface area contributed by atoms with Gasteiger partial charge in [0.1, 0.15) is 5.82 Å². The second-order valence-corrected chi connectivity index (χ2v) is 8.29. The third-order valence-corrected chi connectivity index (χ3v) is 5.83. The van der Waals surface area contributed by atoms with Gasteiger partial charge in [0, 0.05) is 37.1 Å². The summed E-state index contributed by atoms with van der Waals surface area (Å²) in [6.07, 6.45) is 1.08. The Bertz CT molecular complexity index is 1160. The van der Waals surface area contributed by atoms with Gasteiger partial charge >= 0.3 is 0 Å². The second-order valence-electron chi connectivity index (χ2n) is 8.29. The van der Waals surface area contributed by atoms with Crippen LogP contribution in [0.5, 0.6) is 17.2 Å². The molecule has 0 spiro atoms. The number of morpholine rings is 1. The van der Waals surface area contributed by atoms with E-state index in [1.54, 1.807) is 39.7 Å². The van der Waals surface area contributed by atoms with E-state index in [2.05, 4.69) is 20.6 Å². The van der Waals surface area contributed by atoms with Crippen molar-refractivity contribution in [2.75, 3.05) is 51.2 Å². The zero-order chi connectivity index (χ0) is 25.5. The fourth-order valence-electron chi connectivity index (χ4n) is 3.89. The van der Waals surface area contributed by atoms with Crippen LogP contribution in [0.1, 0.15) is 11.1 Å². The number of anilines is 3. The molecule has 36 heavy (non-hydrogen) atoms. The molecule has 1 unspecified atom stereocenters.